The van der Waals surface area contributed by atoms with Crippen molar-refractivity contribution in [1.82, 2.24) is 4.57 Å². The second-order valence-electron chi connectivity index (χ2n) is 16.8. The van der Waals surface area contributed by atoms with E-state index in [9.17, 15) is 8.42 Å². The third-order valence-corrected chi connectivity index (χ3v) is 15.5. The third kappa shape index (κ3) is 4.71. The molecular weight excluding hydrogens is 755 g/mol. The zero-order chi connectivity index (χ0) is 39.7. The Morgan fingerprint density at radius 2 is 1.35 bits per heavy atom. The molecule has 288 valence electrons. The predicted octanol–water partition coefficient (Wildman–Crippen LogP) is 10.4. The lowest BCUT2D eigenvalue weighted by Crippen LogP contribution is -2.40. The second kappa shape index (κ2) is 12.6. The fraction of sp³-hybridized carbons (Fsp3) is 0.111. The Morgan fingerprint density at radius 3 is 2.22 bits per heavy atom. The van der Waals surface area contributed by atoms with Gasteiger partial charge in [0.1, 0.15) is 0 Å². The van der Waals surface area contributed by atoms with Gasteiger partial charge >= 0.3 is 0 Å². The van der Waals surface area contributed by atoms with Gasteiger partial charge < -0.3 is 9.47 Å². The van der Waals surface area contributed by atoms with Crippen LogP contribution in [-0.4, -0.2) is 25.1 Å². The number of rotatable bonds is 4. The Labute approximate surface area is 349 Å². The zero-order valence-electron chi connectivity index (χ0n) is 32.6. The van der Waals surface area contributed by atoms with E-state index in [1.165, 1.54) is 44.0 Å². The zero-order valence-corrected chi connectivity index (χ0v) is 33.5. The molecule has 3 aliphatic carbocycles. The summed E-state index contributed by atoms with van der Waals surface area (Å²) in [5, 5.41) is 3.72. The van der Waals surface area contributed by atoms with Crippen LogP contribution in [0.3, 0.4) is 0 Å². The number of allylic oxidation sites excluding steroid dienone is 4. The average Bonchev–Trinajstić information content (AvgIpc) is 3.94. The van der Waals surface area contributed by atoms with Crippen molar-refractivity contribution in [3.63, 3.8) is 0 Å². The minimum absolute atomic E-state index is 0.137. The fourth-order valence-corrected chi connectivity index (χ4v) is 13.0. The van der Waals surface area contributed by atoms with Crippen LogP contribution in [0.4, 0.5) is 17.1 Å². The molecule has 7 aromatic rings. The van der Waals surface area contributed by atoms with E-state index in [1.807, 2.05) is 18.2 Å². The van der Waals surface area contributed by atoms with Gasteiger partial charge in [0.05, 0.1) is 28.2 Å². The lowest BCUT2D eigenvalue weighted by Gasteiger charge is -2.33. The molecule has 6 aromatic carbocycles. The topological polar surface area (TPSA) is 45.6 Å². The molecule has 4 heterocycles. The molecule has 0 N–H and O–H groups in total. The fourth-order valence-electron chi connectivity index (χ4n) is 11.1. The van der Waals surface area contributed by atoms with Gasteiger partial charge in [0.25, 0.3) is 10.0 Å². The van der Waals surface area contributed by atoms with Crippen molar-refractivity contribution in [1.29, 1.82) is 0 Å². The number of benzene rings is 6. The Kier molecular flexibility index (Phi) is 7.12. The van der Waals surface area contributed by atoms with Crippen LogP contribution in [-0.2, 0) is 10.0 Å². The molecule has 0 amide bonds. The molecule has 0 saturated carbocycles. The van der Waals surface area contributed by atoms with E-state index >= 15 is 0 Å². The molecule has 5 nitrogen and oxygen atoms in total. The number of hydrogen-bond acceptors (Lipinski definition) is 3. The summed E-state index contributed by atoms with van der Waals surface area (Å²) in [5.74, 6) is 0.240. The summed E-state index contributed by atoms with van der Waals surface area (Å²) < 4.78 is 33.4. The molecule has 3 aliphatic heterocycles. The van der Waals surface area contributed by atoms with Crippen LogP contribution >= 0.6 is 0 Å². The molecule has 0 bridgehead atoms. The van der Waals surface area contributed by atoms with Crippen LogP contribution in [0.5, 0.6) is 0 Å². The molecule has 0 spiro atoms. The Balaban J connectivity index is 0.960. The number of nitrogens with zero attached hydrogens (tertiary/aromatic N) is 3. The van der Waals surface area contributed by atoms with Gasteiger partial charge in [0.15, 0.2) is 0 Å². The van der Waals surface area contributed by atoms with Crippen LogP contribution in [0.25, 0.3) is 51.0 Å². The monoisotopic (exact) mass is 793 g/mol. The van der Waals surface area contributed by atoms with Crippen molar-refractivity contribution in [2.45, 2.75) is 35.2 Å². The molecule has 13 rings (SSSR count). The van der Waals surface area contributed by atoms with Crippen LogP contribution in [0.15, 0.2) is 193 Å². The minimum atomic E-state index is -3.81. The molecule has 5 atom stereocenters. The highest BCUT2D eigenvalue weighted by atomic mass is 32.2. The van der Waals surface area contributed by atoms with E-state index in [0.29, 0.717) is 4.90 Å². The second-order valence-corrected chi connectivity index (χ2v) is 18.5. The summed E-state index contributed by atoms with van der Waals surface area (Å²) in [5.41, 5.74) is 13.2. The first-order valence-electron chi connectivity index (χ1n) is 21.0. The van der Waals surface area contributed by atoms with Gasteiger partial charge in [-0.25, -0.2) is 8.42 Å². The van der Waals surface area contributed by atoms with Crippen LogP contribution < -0.4 is 19.8 Å². The van der Waals surface area contributed by atoms with Gasteiger partial charge in [-0.2, -0.15) is 0 Å². The summed E-state index contributed by atoms with van der Waals surface area (Å²) in [6, 6.07) is 48.8. The quantitative estimate of drug-likeness (QED) is 0.178. The van der Waals surface area contributed by atoms with E-state index in [0.717, 1.165) is 45.6 Å². The van der Waals surface area contributed by atoms with Gasteiger partial charge in [-0.05, 0) is 94.9 Å². The maximum absolute atomic E-state index is 14.7. The smallest absolute Gasteiger partial charge is 0.265 e. The van der Waals surface area contributed by atoms with Crippen molar-refractivity contribution in [2.75, 3.05) is 9.21 Å². The van der Waals surface area contributed by atoms with E-state index in [2.05, 4.69) is 179 Å². The Hall–Kier alpha value is -6.89. The summed E-state index contributed by atoms with van der Waals surface area (Å²) in [7, 11) is -3.81. The largest absolute Gasteiger partial charge is 0.333 e. The van der Waals surface area contributed by atoms with Crippen molar-refractivity contribution >= 4 is 50.1 Å². The third-order valence-electron chi connectivity index (χ3n) is 13.7. The van der Waals surface area contributed by atoms with E-state index in [-0.39, 0.29) is 29.8 Å². The normalized spacial score (nSPS) is 23.1. The number of fused-ring (bicyclic) bond motifs is 11. The van der Waals surface area contributed by atoms with Crippen molar-refractivity contribution in [3.8, 4) is 27.9 Å². The molecule has 1 aromatic heterocycles. The summed E-state index contributed by atoms with van der Waals surface area (Å²) in [6.07, 6.45) is 21.4. The van der Waals surface area contributed by atoms with Gasteiger partial charge in [0.2, 0.25) is 0 Å². The van der Waals surface area contributed by atoms with Gasteiger partial charge in [-0.15, -0.1) is 0 Å². The van der Waals surface area contributed by atoms with E-state index < -0.39 is 10.0 Å². The molecule has 0 fully saturated rings. The highest BCUT2D eigenvalue weighted by Crippen LogP contribution is 2.57. The molecule has 0 saturated heterocycles. The maximum Gasteiger partial charge on any atom is 0.265 e. The van der Waals surface area contributed by atoms with Crippen molar-refractivity contribution < 1.29 is 8.42 Å². The number of hydrogen-bond donors (Lipinski definition) is 0. The van der Waals surface area contributed by atoms with E-state index in [1.54, 1.807) is 10.4 Å². The van der Waals surface area contributed by atoms with Crippen molar-refractivity contribution in [2.24, 2.45) is 5.92 Å². The highest BCUT2D eigenvalue weighted by Gasteiger charge is 2.49. The maximum atomic E-state index is 14.7. The summed E-state index contributed by atoms with van der Waals surface area (Å²) >= 11 is 0. The Bertz CT molecular complexity index is 3360. The number of anilines is 3. The summed E-state index contributed by atoms with van der Waals surface area (Å²) in [4.78, 5) is 2.83. The SMILES string of the molecule is O=S1(=O)c2ccccc2-c2cc(-c3ccc4c(c3)C3C=CC=CC3N4c3ccccc3)cc3c2N1C1C=CC(C2C=c4c(n(-c5ccccc5)c5ccccc45)=CC2)=CC31. The standard InChI is InChI=1S/C54H39N3O2S/c58-60(59)53-22-12-9-19-42(53)46-32-37(36-24-27-51-44(31-36)41-18-8-11-21-49(41)56(51)39-15-5-2-6-16-39)33-47-45-30-35(25-28-52(45)57(60)54(46)47)34-23-26-50-43(29-34)40-17-7-10-20-48(40)55(50)38-13-3-1-4-14-38/h1-22,24-34,41,45,49,52H,23H2. The average molecular weight is 794 g/mol. The van der Waals surface area contributed by atoms with E-state index in [4.69, 9.17) is 0 Å². The molecule has 0 radical (unpaired) electrons. The van der Waals surface area contributed by atoms with Crippen LogP contribution in [0, 0.1) is 5.92 Å². The van der Waals surface area contributed by atoms with Crippen LogP contribution in [0.1, 0.15) is 29.4 Å². The first-order chi connectivity index (χ1) is 29.5. The lowest BCUT2D eigenvalue weighted by molar-refractivity contribution is 0.583. The van der Waals surface area contributed by atoms with Crippen LogP contribution in [0.2, 0.25) is 0 Å². The molecule has 5 unspecified atom stereocenters. The minimum Gasteiger partial charge on any atom is -0.333 e. The predicted molar refractivity (Wildman–Crippen MR) is 244 cm³/mol. The first kappa shape index (κ1) is 34.0. The number of aromatic nitrogens is 1. The van der Waals surface area contributed by atoms with Crippen molar-refractivity contribution in [3.05, 3.63) is 209 Å². The number of sulfonamides is 1. The van der Waals surface area contributed by atoms with Gasteiger partial charge in [-0.3, -0.25) is 4.31 Å². The molecular formula is C54H39N3O2S. The highest BCUT2D eigenvalue weighted by molar-refractivity contribution is 7.93. The summed E-state index contributed by atoms with van der Waals surface area (Å²) in [6.45, 7) is 0. The first-order valence-corrected chi connectivity index (χ1v) is 22.4. The Morgan fingerprint density at radius 1 is 0.600 bits per heavy atom. The van der Waals surface area contributed by atoms with Gasteiger partial charge in [-0.1, -0.05) is 134 Å². The molecule has 6 aliphatic rings. The number of para-hydroxylation sites is 3. The van der Waals surface area contributed by atoms with Gasteiger partial charge in [0, 0.05) is 61.9 Å². The molecule has 60 heavy (non-hydrogen) atoms. The molecule has 6 heteroatoms. The lowest BCUT2D eigenvalue weighted by atomic mass is 9.81.